The fourth-order valence-corrected chi connectivity index (χ4v) is 3.63. The molecule has 0 bridgehead atoms. The molecule has 7 nitrogen and oxygen atoms in total. The smallest absolute Gasteiger partial charge is 0.279 e. The van der Waals surface area contributed by atoms with Gasteiger partial charge in [0.1, 0.15) is 0 Å². The van der Waals surface area contributed by atoms with Crippen LogP contribution in [0.15, 0.2) is 54.6 Å². The molecule has 1 N–H and O–H groups in total. The molecule has 0 saturated carbocycles. The number of ether oxygens (including phenoxy) is 2. The number of para-hydroxylation sites is 1. The van der Waals surface area contributed by atoms with Gasteiger partial charge in [0.05, 0.1) is 0 Å². The largest absolute Gasteiger partial charge is 0.454 e. The molecule has 0 aliphatic carbocycles. The van der Waals surface area contributed by atoms with Crippen molar-refractivity contribution in [1.82, 2.24) is 10.2 Å². The molecular formula is C21H18N4O3. The Morgan fingerprint density at radius 1 is 1.07 bits per heavy atom. The second kappa shape index (κ2) is 6.53. The van der Waals surface area contributed by atoms with Crippen LogP contribution in [0.1, 0.15) is 23.0 Å². The van der Waals surface area contributed by atoms with E-state index in [-0.39, 0.29) is 18.7 Å². The fourth-order valence-electron chi connectivity index (χ4n) is 3.63. The van der Waals surface area contributed by atoms with E-state index in [4.69, 9.17) is 9.47 Å². The summed E-state index contributed by atoms with van der Waals surface area (Å²) in [6, 6.07) is 17.1. The molecule has 5 rings (SSSR count). The molecule has 140 valence electrons. The quantitative estimate of drug-likeness (QED) is 0.756. The molecule has 1 aromatic heterocycles. The van der Waals surface area contributed by atoms with E-state index in [1.54, 1.807) is 17.0 Å². The highest BCUT2D eigenvalue weighted by molar-refractivity contribution is 6.06. The zero-order valence-corrected chi connectivity index (χ0v) is 15.3. The monoisotopic (exact) mass is 374 g/mol. The first-order valence-corrected chi connectivity index (χ1v) is 9.11. The topological polar surface area (TPSA) is 76.6 Å². The number of fused-ring (bicyclic) bond motifs is 2. The third-order valence-corrected chi connectivity index (χ3v) is 4.95. The maximum Gasteiger partial charge on any atom is 0.279 e. The van der Waals surface area contributed by atoms with Gasteiger partial charge in [-0.25, -0.2) is 0 Å². The number of aromatic nitrogens is 2. The maximum absolute atomic E-state index is 13.0. The van der Waals surface area contributed by atoms with Crippen molar-refractivity contribution in [1.29, 1.82) is 0 Å². The van der Waals surface area contributed by atoms with Crippen LogP contribution in [-0.2, 0) is 6.42 Å². The van der Waals surface area contributed by atoms with E-state index >= 15 is 0 Å². The number of nitrogens with zero attached hydrogens (tertiary/aromatic N) is 3. The molecule has 0 spiro atoms. The number of carbonyl (C=O) groups is 1. The minimum Gasteiger partial charge on any atom is -0.454 e. The Labute approximate surface area is 161 Å². The third-order valence-electron chi connectivity index (χ3n) is 4.95. The Kier molecular flexibility index (Phi) is 3.86. The lowest BCUT2D eigenvalue weighted by molar-refractivity contribution is 0.0975. The van der Waals surface area contributed by atoms with Crippen LogP contribution in [0.3, 0.4) is 0 Å². The predicted octanol–water partition coefficient (Wildman–Crippen LogP) is 3.54. The molecule has 2 aliphatic rings. The Bertz CT molecular complexity index is 1050. The Morgan fingerprint density at radius 2 is 1.93 bits per heavy atom. The van der Waals surface area contributed by atoms with Crippen molar-refractivity contribution in [3.8, 4) is 11.5 Å². The lowest BCUT2D eigenvalue weighted by Gasteiger charge is -2.22. The second-order valence-electron chi connectivity index (χ2n) is 6.85. The van der Waals surface area contributed by atoms with Crippen molar-refractivity contribution in [3.05, 3.63) is 65.9 Å². The average Bonchev–Trinajstić information content (AvgIpc) is 3.31. The van der Waals surface area contributed by atoms with Gasteiger partial charge in [0, 0.05) is 23.5 Å². The number of benzene rings is 2. The van der Waals surface area contributed by atoms with E-state index in [9.17, 15) is 4.79 Å². The van der Waals surface area contributed by atoms with Gasteiger partial charge in [0.15, 0.2) is 23.0 Å². The number of anilines is 3. The Balaban J connectivity index is 1.34. The highest BCUT2D eigenvalue weighted by Crippen LogP contribution is 2.35. The van der Waals surface area contributed by atoms with Crippen molar-refractivity contribution in [2.75, 3.05) is 17.0 Å². The van der Waals surface area contributed by atoms with E-state index in [1.165, 1.54) is 5.56 Å². The van der Waals surface area contributed by atoms with E-state index in [0.29, 0.717) is 17.3 Å². The first-order valence-electron chi connectivity index (χ1n) is 9.11. The lowest BCUT2D eigenvalue weighted by atomic mass is 10.1. The summed E-state index contributed by atoms with van der Waals surface area (Å²) < 4.78 is 10.7. The molecule has 0 fully saturated rings. The summed E-state index contributed by atoms with van der Waals surface area (Å²) in [7, 11) is 0. The lowest BCUT2D eigenvalue weighted by Crippen LogP contribution is -2.36. The summed E-state index contributed by atoms with van der Waals surface area (Å²) in [5, 5.41) is 11.5. The van der Waals surface area contributed by atoms with Crippen molar-refractivity contribution >= 4 is 23.1 Å². The number of hydrogen-bond donors (Lipinski definition) is 1. The van der Waals surface area contributed by atoms with Gasteiger partial charge >= 0.3 is 0 Å². The van der Waals surface area contributed by atoms with E-state index < -0.39 is 0 Å². The van der Waals surface area contributed by atoms with Crippen LogP contribution in [0, 0.1) is 0 Å². The molecule has 2 aliphatic heterocycles. The van der Waals surface area contributed by atoms with Crippen LogP contribution in [0.2, 0.25) is 0 Å². The molecular weight excluding hydrogens is 356 g/mol. The Morgan fingerprint density at radius 3 is 2.79 bits per heavy atom. The van der Waals surface area contributed by atoms with E-state index in [0.717, 1.165) is 23.5 Å². The maximum atomic E-state index is 13.0. The summed E-state index contributed by atoms with van der Waals surface area (Å²) >= 11 is 0. The molecule has 0 saturated heterocycles. The van der Waals surface area contributed by atoms with Crippen molar-refractivity contribution in [2.45, 2.75) is 19.4 Å². The van der Waals surface area contributed by atoms with Crippen LogP contribution >= 0.6 is 0 Å². The SMILES string of the molecule is CC1Cc2ccccc2N1C(=O)c1ccc(Nc2ccc3c(c2)OCO3)nn1. The van der Waals surface area contributed by atoms with Gasteiger partial charge in [-0.2, -0.15) is 0 Å². The molecule has 7 heteroatoms. The third kappa shape index (κ3) is 2.81. The summed E-state index contributed by atoms with van der Waals surface area (Å²) in [5.41, 5.74) is 3.25. The number of hydrogen-bond acceptors (Lipinski definition) is 6. The van der Waals surface area contributed by atoms with Gasteiger partial charge in [0.2, 0.25) is 6.79 Å². The first-order chi connectivity index (χ1) is 13.7. The number of carbonyl (C=O) groups excluding carboxylic acids is 1. The highest BCUT2D eigenvalue weighted by atomic mass is 16.7. The number of rotatable bonds is 3. The molecule has 1 atom stereocenters. The molecule has 1 amide bonds. The number of nitrogens with one attached hydrogen (secondary N) is 1. The zero-order valence-electron chi connectivity index (χ0n) is 15.3. The van der Waals surface area contributed by atoms with Crippen LogP contribution in [0.25, 0.3) is 0 Å². The van der Waals surface area contributed by atoms with Crippen molar-refractivity contribution < 1.29 is 14.3 Å². The van der Waals surface area contributed by atoms with Gasteiger partial charge in [-0.05, 0) is 49.2 Å². The van der Waals surface area contributed by atoms with E-state index in [1.807, 2.05) is 43.3 Å². The van der Waals surface area contributed by atoms with Crippen molar-refractivity contribution in [2.24, 2.45) is 0 Å². The fraction of sp³-hybridized carbons (Fsp3) is 0.190. The first kappa shape index (κ1) is 16.6. The predicted molar refractivity (Wildman–Crippen MR) is 104 cm³/mol. The van der Waals surface area contributed by atoms with Gasteiger partial charge in [-0.1, -0.05) is 18.2 Å². The summed E-state index contributed by atoms with van der Waals surface area (Å²) in [6.07, 6.45) is 0.846. The minimum absolute atomic E-state index is 0.0955. The molecule has 0 radical (unpaired) electrons. The highest BCUT2D eigenvalue weighted by Gasteiger charge is 2.32. The van der Waals surface area contributed by atoms with Crippen LogP contribution < -0.4 is 19.7 Å². The summed E-state index contributed by atoms with van der Waals surface area (Å²) in [5.74, 6) is 1.81. The minimum atomic E-state index is -0.139. The van der Waals surface area contributed by atoms with Crippen LogP contribution in [0.4, 0.5) is 17.2 Å². The van der Waals surface area contributed by atoms with Gasteiger partial charge in [-0.3, -0.25) is 4.79 Å². The van der Waals surface area contributed by atoms with Crippen LogP contribution in [-0.4, -0.2) is 28.9 Å². The van der Waals surface area contributed by atoms with Crippen molar-refractivity contribution in [3.63, 3.8) is 0 Å². The van der Waals surface area contributed by atoms with Gasteiger partial charge in [-0.15, -0.1) is 10.2 Å². The van der Waals surface area contributed by atoms with E-state index in [2.05, 4.69) is 21.6 Å². The van der Waals surface area contributed by atoms with Gasteiger partial charge < -0.3 is 19.7 Å². The number of amides is 1. The Hall–Kier alpha value is -3.61. The zero-order chi connectivity index (χ0) is 19.1. The molecule has 3 heterocycles. The average molecular weight is 374 g/mol. The molecule has 3 aromatic rings. The van der Waals surface area contributed by atoms with Crippen LogP contribution in [0.5, 0.6) is 11.5 Å². The summed E-state index contributed by atoms with van der Waals surface area (Å²) in [6.45, 7) is 2.27. The molecule has 28 heavy (non-hydrogen) atoms. The molecule has 1 unspecified atom stereocenters. The standard InChI is InChI=1S/C21H18N4O3/c1-13-10-14-4-2-3-5-17(14)25(13)21(26)16-7-9-20(24-23-16)22-15-6-8-18-19(11-15)28-12-27-18/h2-9,11,13H,10,12H2,1H3,(H,22,24). The summed E-state index contributed by atoms with van der Waals surface area (Å²) in [4.78, 5) is 14.8. The normalized spacial score (nSPS) is 16.8. The van der Waals surface area contributed by atoms with Gasteiger partial charge in [0.25, 0.3) is 5.91 Å². The second-order valence-corrected chi connectivity index (χ2v) is 6.85. The molecule has 2 aromatic carbocycles.